The number of para-hydroxylation sites is 1. The predicted molar refractivity (Wildman–Crippen MR) is 73.5 cm³/mol. The molecule has 0 aliphatic heterocycles. The van der Waals surface area contributed by atoms with Crippen molar-refractivity contribution < 1.29 is 0 Å². The summed E-state index contributed by atoms with van der Waals surface area (Å²) in [5, 5.41) is 5.47. The number of hydrogen-bond acceptors (Lipinski definition) is 4. The van der Waals surface area contributed by atoms with Crippen molar-refractivity contribution in [3.8, 4) is 0 Å². The molecule has 0 radical (unpaired) electrons. The highest BCUT2D eigenvalue weighted by molar-refractivity contribution is 5.78. The molecule has 2 aromatic heterocycles. The minimum atomic E-state index is -0.147. The lowest BCUT2D eigenvalue weighted by Gasteiger charge is -2.03. The molecule has 0 amide bonds. The molecular weight excluding hydrogens is 238 g/mol. The fraction of sp³-hybridized carbons (Fsp3) is 0.214. The SMILES string of the molecule is CC(N)c1ncn(Cc2ccc3ccccc3n2)n1. The molecule has 96 valence electrons. The molecule has 5 heteroatoms. The molecule has 0 saturated carbocycles. The van der Waals surface area contributed by atoms with Crippen molar-refractivity contribution in [2.24, 2.45) is 5.73 Å². The average molecular weight is 253 g/mol. The van der Waals surface area contributed by atoms with E-state index in [0.29, 0.717) is 12.4 Å². The highest BCUT2D eigenvalue weighted by atomic mass is 15.3. The van der Waals surface area contributed by atoms with Gasteiger partial charge in [0.05, 0.1) is 23.8 Å². The molecule has 1 unspecified atom stereocenters. The van der Waals surface area contributed by atoms with Gasteiger partial charge >= 0.3 is 0 Å². The van der Waals surface area contributed by atoms with E-state index in [1.165, 1.54) is 0 Å². The second-order valence-corrected chi connectivity index (χ2v) is 4.58. The van der Waals surface area contributed by atoms with Crippen LogP contribution in [0.3, 0.4) is 0 Å². The summed E-state index contributed by atoms with van der Waals surface area (Å²) in [7, 11) is 0. The molecule has 0 bridgehead atoms. The zero-order chi connectivity index (χ0) is 13.2. The number of benzene rings is 1. The number of nitrogens with two attached hydrogens (primary N) is 1. The number of aromatic nitrogens is 4. The lowest BCUT2D eigenvalue weighted by atomic mass is 10.2. The Hall–Kier alpha value is -2.27. The monoisotopic (exact) mass is 253 g/mol. The van der Waals surface area contributed by atoms with Crippen LogP contribution in [0.1, 0.15) is 24.5 Å². The summed E-state index contributed by atoms with van der Waals surface area (Å²) in [6.07, 6.45) is 1.69. The van der Waals surface area contributed by atoms with E-state index in [4.69, 9.17) is 5.73 Å². The van der Waals surface area contributed by atoms with E-state index in [9.17, 15) is 0 Å². The molecule has 0 aliphatic rings. The van der Waals surface area contributed by atoms with Gasteiger partial charge in [-0.1, -0.05) is 24.3 Å². The van der Waals surface area contributed by atoms with Crippen LogP contribution in [0.5, 0.6) is 0 Å². The number of hydrogen-bond donors (Lipinski definition) is 1. The van der Waals surface area contributed by atoms with Crippen molar-refractivity contribution in [3.05, 3.63) is 54.2 Å². The molecule has 1 atom stereocenters. The first-order chi connectivity index (χ1) is 9.22. The molecule has 19 heavy (non-hydrogen) atoms. The van der Waals surface area contributed by atoms with Crippen LogP contribution in [-0.4, -0.2) is 19.7 Å². The van der Waals surface area contributed by atoms with Gasteiger partial charge in [-0.3, -0.25) is 4.98 Å². The summed E-state index contributed by atoms with van der Waals surface area (Å²) in [5.74, 6) is 0.654. The van der Waals surface area contributed by atoms with Gasteiger partial charge < -0.3 is 5.73 Å². The third-order valence-corrected chi connectivity index (χ3v) is 2.94. The van der Waals surface area contributed by atoms with Gasteiger partial charge in [-0.05, 0) is 19.1 Å². The van der Waals surface area contributed by atoms with Crippen LogP contribution < -0.4 is 5.73 Å². The topological polar surface area (TPSA) is 69.6 Å². The van der Waals surface area contributed by atoms with Crippen LogP contribution in [0, 0.1) is 0 Å². The highest BCUT2D eigenvalue weighted by Crippen LogP contribution is 2.12. The van der Waals surface area contributed by atoms with Crippen LogP contribution in [0.2, 0.25) is 0 Å². The highest BCUT2D eigenvalue weighted by Gasteiger charge is 2.06. The van der Waals surface area contributed by atoms with E-state index in [-0.39, 0.29) is 6.04 Å². The van der Waals surface area contributed by atoms with Crippen molar-refractivity contribution >= 4 is 10.9 Å². The normalized spacial score (nSPS) is 12.7. The van der Waals surface area contributed by atoms with Crippen LogP contribution in [0.25, 0.3) is 10.9 Å². The maximum absolute atomic E-state index is 5.74. The number of pyridine rings is 1. The Bertz CT molecular complexity index is 702. The molecule has 0 fully saturated rings. The van der Waals surface area contributed by atoms with Crippen molar-refractivity contribution in [1.29, 1.82) is 0 Å². The van der Waals surface area contributed by atoms with E-state index in [1.54, 1.807) is 11.0 Å². The molecule has 1 aromatic carbocycles. The molecule has 3 rings (SSSR count). The van der Waals surface area contributed by atoms with E-state index in [2.05, 4.69) is 27.2 Å². The average Bonchev–Trinajstić information content (AvgIpc) is 2.87. The molecule has 2 heterocycles. The van der Waals surface area contributed by atoms with Gasteiger partial charge in [0, 0.05) is 5.39 Å². The second kappa shape index (κ2) is 4.78. The van der Waals surface area contributed by atoms with Crippen molar-refractivity contribution in [2.45, 2.75) is 19.5 Å². The standard InChI is InChI=1S/C14H15N5/c1-10(15)14-16-9-19(18-14)8-12-7-6-11-4-2-3-5-13(11)17-12/h2-7,9-10H,8,15H2,1H3. The summed E-state index contributed by atoms with van der Waals surface area (Å²) < 4.78 is 1.76. The van der Waals surface area contributed by atoms with Crippen LogP contribution in [-0.2, 0) is 6.54 Å². The quantitative estimate of drug-likeness (QED) is 0.774. The fourth-order valence-electron chi connectivity index (χ4n) is 1.96. The first-order valence-corrected chi connectivity index (χ1v) is 6.22. The van der Waals surface area contributed by atoms with E-state index >= 15 is 0 Å². The Labute approximate surface area is 111 Å². The maximum atomic E-state index is 5.74. The van der Waals surface area contributed by atoms with Crippen LogP contribution >= 0.6 is 0 Å². The summed E-state index contributed by atoms with van der Waals surface area (Å²) in [6, 6.07) is 12.0. The summed E-state index contributed by atoms with van der Waals surface area (Å²) in [5.41, 5.74) is 7.69. The first kappa shape index (κ1) is 11.8. The van der Waals surface area contributed by atoms with Gasteiger partial charge in [0.15, 0.2) is 5.82 Å². The van der Waals surface area contributed by atoms with Crippen LogP contribution in [0.4, 0.5) is 0 Å². The zero-order valence-electron chi connectivity index (χ0n) is 10.7. The molecule has 2 N–H and O–H groups in total. The van der Waals surface area contributed by atoms with Gasteiger partial charge in [0.25, 0.3) is 0 Å². The molecular formula is C14H15N5. The first-order valence-electron chi connectivity index (χ1n) is 6.22. The lowest BCUT2D eigenvalue weighted by molar-refractivity contribution is 0.641. The smallest absolute Gasteiger partial charge is 0.166 e. The molecule has 5 nitrogen and oxygen atoms in total. The van der Waals surface area contributed by atoms with E-state index in [0.717, 1.165) is 16.6 Å². The largest absolute Gasteiger partial charge is 0.321 e. The predicted octanol–water partition coefficient (Wildman–Crippen LogP) is 1.89. The lowest BCUT2D eigenvalue weighted by Crippen LogP contribution is -2.09. The van der Waals surface area contributed by atoms with Gasteiger partial charge in [-0.2, -0.15) is 5.10 Å². The fourth-order valence-corrected chi connectivity index (χ4v) is 1.96. The number of nitrogens with zero attached hydrogens (tertiary/aromatic N) is 4. The van der Waals surface area contributed by atoms with Gasteiger partial charge in [0.1, 0.15) is 6.33 Å². The number of fused-ring (bicyclic) bond motifs is 1. The second-order valence-electron chi connectivity index (χ2n) is 4.58. The van der Waals surface area contributed by atoms with E-state index < -0.39 is 0 Å². The zero-order valence-corrected chi connectivity index (χ0v) is 10.7. The molecule has 0 spiro atoms. The Morgan fingerprint density at radius 2 is 2.05 bits per heavy atom. The summed E-state index contributed by atoms with van der Waals surface area (Å²) in [6.45, 7) is 2.47. The Kier molecular flexibility index (Phi) is 2.97. The molecule has 3 aromatic rings. The summed E-state index contributed by atoms with van der Waals surface area (Å²) in [4.78, 5) is 8.78. The Balaban J connectivity index is 1.87. The minimum absolute atomic E-state index is 0.147. The molecule has 0 aliphatic carbocycles. The van der Waals surface area contributed by atoms with Gasteiger partial charge in [-0.15, -0.1) is 0 Å². The Morgan fingerprint density at radius 3 is 2.84 bits per heavy atom. The van der Waals surface area contributed by atoms with E-state index in [1.807, 2.05) is 31.2 Å². The van der Waals surface area contributed by atoms with Crippen molar-refractivity contribution in [2.75, 3.05) is 0 Å². The Morgan fingerprint density at radius 1 is 1.21 bits per heavy atom. The summed E-state index contributed by atoms with van der Waals surface area (Å²) >= 11 is 0. The maximum Gasteiger partial charge on any atom is 0.166 e. The third-order valence-electron chi connectivity index (χ3n) is 2.94. The van der Waals surface area contributed by atoms with Crippen molar-refractivity contribution in [3.63, 3.8) is 0 Å². The van der Waals surface area contributed by atoms with Crippen molar-refractivity contribution in [1.82, 2.24) is 19.7 Å². The third kappa shape index (κ3) is 2.46. The molecule has 0 saturated heterocycles. The van der Waals surface area contributed by atoms with Gasteiger partial charge in [0.2, 0.25) is 0 Å². The van der Waals surface area contributed by atoms with Gasteiger partial charge in [-0.25, -0.2) is 9.67 Å². The number of rotatable bonds is 3. The van der Waals surface area contributed by atoms with Crippen LogP contribution in [0.15, 0.2) is 42.7 Å². The minimum Gasteiger partial charge on any atom is -0.321 e.